The van der Waals surface area contributed by atoms with Crippen LogP contribution in [-0.2, 0) is 6.18 Å². The zero-order chi connectivity index (χ0) is 20.3. The molecule has 5 nitrogen and oxygen atoms in total. The molecule has 0 aliphatic carbocycles. The highest BCUT2D eigenvalue weighted by atomic mass is 35.5. The first kappa shape index (κ1) is 23.2. The minimum atomic E-state index is -4.85. The smallest absolute Gasteiger partial charge is 0.339 e. The number of likely N-dealkylation sites (tertiary alicyclic amines) is 1. The number of amides is 1. The van der Waals surface area contributed by atoms with Gasteiger partial charge in [-0.25, -0.2) is 9.07 Å². The van der Waals surface area contributed by atoms with E-state index in [9.17, 15) is 22.4 Å². The SMILES string of the molecule is CNCCC1CCN(C(=O)c2cnn(-c3ccccc3F)c2C(F)(F)F)CC1.Cl. The summed E-state index contributed by atoms with van der Waals surface area (Å²) in [5.74, 6) is -1.12. The van der Waals surface area contributed by atoms with Crippen LogP contribution in [0.3, 0.4) is 0 Å². The molecule has 1 N–H and O–H groups in total. The highest BCUT2D eigenvalue weighted by molar-refractivity contribution is 5.95. The fourth-order valence-electron chi connectivity index (χ4n) is 3.53. The van der Waals surface area contributed by atoms with E-state index >= 15 is 0 Å². The molecule has 0 bridgehead atoms. The lowest BCUT2D eigenvalue weighted by Gasteiger charge is -2.32. The summed E-state index contributed by atoms with van der Waals surface area (Å²) in [5, 5.41) is 6.76. The van der Waals surface area contributed by atoms with Crippen molar-refractivity contribution < 1.29 is 22.4 Å². The number of alkyl halides is 3. The van der Waals surface area contributed by atoms with Gasteiger partial charge in [-0.3, -0.25) is 4.79 Å². The molecule has 10 heteroatoms. The average Bonchev–Trinajstić information content (AvgIpc) is 3.12. The van der Waals surface area contributed by atoms with Crippen molar-refractivity contribution in [3.8, 4) is 5.69 Å². The third-order valence-corrected chi connectivity index (χ3v) is 5.05. The normalized spacial score (nSPS) is 15.3. The van der Waals surface area contributed by atoms with Gasteiger partial charge in [0.2, 0.25) is 0 Å². The maximum Gasteiger partial charge on any atom is 0.434 e. The number of rotatable bonds is 5. The number of halogens is 5. The van der Waals surface area contributed by atoms with E-state index in [1.165, 1.54) is 23.1 Å². The van der Waals surface area contributed by atoms with Gasteiger partial charge in [-0.15, -0.1) is 12.4 Å². The van der Waals surface area contributed by atoms with E-state index in [1.807, 2.05) is 7.05 Å². The number of benzene rings is 1. The van der Waals surface area contributed by atoms with Gasteiger partial charge in [-0.05, 0) is 50.9 Å². The van der Waals surface area contributed by atoms with Crippen LogP contribution in [0.25, 0.3) is 5.69 Å². The first-order chi connectivity index (χ1) is 13.3. The number of hydrogen-bond donors (Lipinski definition) is 1. The Morgan fingerprint density at radius 1 is 1.24 bits per heavy atom. The summed E-state index contributed by atoms with van der Waals surface area (Å²) >= 11 is 0. The second-order valence-corrected chi connectivity index (χ2v) is 6.90. The van der Waals surface area contributed by atoms with E-state index in [0.29, 0.717) is 23.7 Å². The molecule has 0 spiro atoms. The molecule has 1 amide bonds. The van der Waals surface area contributed by atoms with Gasteiger partial charge in [0.25, 0.3) is 5.91 Å². The Hall–Kier alpha value is -2.13. The number of para-hydroxylation sites is 1. The number of carbonyl (C=O) groups is 1. The third kappa shape index (κ3) is 5.08. The van der Waals surface area contributed by atoms with Crippen LogP contribution in [0.2, 0.25) is 0 Å². The molecule has 1 aliphatic rings. The predicted molar refractivity (Wildman–Crippen MR) is 103 cm³/mol. The molecule has 1 saturated heterocycles. The summed E-state index contributed by atoms with van der Waals surface area (Å²) in [4.78, 5) is 14.2. The quantitative estimate of drug-likeness (QED) is 0.726. The zero-order valence-corrected chi connectivity index (χ0v) is 16.7. The first-order valence-electron chi connectivity index (χ1n) is 9.17. The predicted octanol–water partition coefficient (Wildman–Crippen LogP) is 3.91. The van der Waals surface area contributed by atoms with Gasteiger partial charge >= 0.3 is 6.18 Å². The number of piperidine rings is 1. The second kappa shape index (κ2) is 9.58. The fraction of sp³-hybridized carbons (Fsp3) is 0.474. The largest absolute Gasteiger partial charge is 0.434 e. The Labute approximate surface area is 172 Å². The van der Waals surface area contributed by atoms with E-state index in [4.69, 9.17) is 0 Å². The molecule has 1 aromatic carbocycles. The zero-order valence-electron chi connectivity index (χ0n) is 15.9. The van der Waals surface area contributed by atoms with Gasteiger partial charge < -0.3 is 10.2 Å². The molecule has 1 aromatic heterocycles. The minimum Gasteiger partial charge on any atom is -0.339 e. The van der Waals surface area contributed by atoms with E-state index < -0.39 is 29.2 Å². The molecule has 29 heavy (non-hydrogen) atoms. The van der Waals surface area contributed by atoms with Crippen molar-refractivity contribution in [3.05, 3.63) is 47.5 Å². The van der Waals surface area contributed by atoms with Crippen LogP contribution in [0.4, 0.5) is 17.6 Å². The van der Waals surface area contributed by atoms with Crippen molar-refractivity contribution in [2.45, 2.75) is 25.4 Å². The van der Waals surface area contributed by atoms with Gasteiger partial charge in [0.15, 0.2) is 5.69 Å². The Morgan fingerprint density at radius 3 is 2.48 bits per heavy atom. The summed E-state index contributed by atoms with van der Waals surface area (Å²) in [6.45, 7) is 1.66. The van der Waals surface area contributed by atoms with E-state index in [-0.39, 0.29) is 18.1 Å². The van der Waals surface area contributed by atoms with Crippen molar-refractivity contribution in [2.75, 3.05) is 26.7 Å². The van der Waals surface area contributed by atoms with Crippen molar-refractivity contribution in [1.29, 1.82) is 0 Å². The molecular formula is C19H23ClF4N4O. The number of nitrogens with zero attached hydrogens (tertiary/aromatic N) is 3. The van der Waals surface area contributed by atoms with Crippen molar-refractivity contribution >= 4 is 18.3 Å². The first-order valence-corrected chi connectivity index (χ1v) is 9.17. The van der Waals surface area contributed by atoms with Crippen molar-refractivity contribution in [1.82, 2.24) is 20.0 Å². The lowest BCUT2D eigenvalue weighted by Crippen LogP contribution is -2.39. The van der Waals surface area contributed by atoms with Gasteiger partial charge in [0.05, 0.1) is 11.8 Å². The molecule has 1 fully saturated rings. The lowest BCUT2D eigenvalue weighted by molar-refractivity contribution is -0.143. The van der Waals surface area contributed by atoms with Crippen LogP contribution in [0.5, 0.6) is 0 Å². The van der Waals surface area contributed by atoms with Crippen LogP contribution in [-0.4, -0.2) is 47.3 Å². The summed E-state index contributed by atoms with van der Waals surface area (Å²) in [5.41, 5.74) is -2.15. The summed E-state index contributed by atoms with van der Waals surface area (Å²) in [6.07, 6.45) is -1.51. The van der Waals surface area contributed by atoms with Crippen LogP contribution in [0.1, 0.15) is 35.3 Å². The highest BCUT2D eigenvalue weighted by Gasteiger charge is 2.42. The second-order valence-electron chi connectivity index (χ2n) is 6.90. The number of carbonyl (C=O) groups excluding carboxylic acids is 1. The van der Waals surface area contributed by atoms with E-state index in [2.05, 4.69) is 10.4 Å². The van der Waals surface area contributed by atoms with E-state index in [1.54, 1.807) is 0 Å². The van der Waals surface area contributed by atoms with Gasteiger partial charge in [-0.1, -0.05) is 12.1 Å². The maximum atomic E-state index is 14.0. The fourth-order valence-corrected chi connectivity index (χ4v) is 3.53. The molecular weight excluding hydrogens is 412 g/mol. The molecule has 2 aromatic rings. The summed E-state index contributed by atoms with van der Waals surface area (Å²) in [7, 11) is 1.87. The maximum absolute atomic E-state index is 14.0. The number of nitrogens with one attached hydrogen (secondary N) is 1. The minimum absolute atomic E-state index is 0. The Kier molecular flexibility index (Phi) is 7.65. The van der Waals surface area contributed by atoms with Crippen LogP contribution in [0, 0.1) is 11.7 Å². The Bertz CT molecular complexity index is 832. The lowest BCUT2D eigenvalue weighted by atomic mass is 9.93. The molecule has 2 heterocycles. The van der Waals surface area contributed by atoms with Crippen molar-refractivity contribution in [2.24, 2.45) is 5.92 Å². The number of hydrogen-bond acceptors (Lipinski definition) is 3. The van der Waals surface area contributed by atoms with Gasteiger partial charge in [-0.2, -0.15) is 18.3 Å². The standard InChI is InChI=1S/C19H22F4N4O.ClH/c1-24-9-6-13-7-10-26(11-8-13)18(28)14-12-25-27(17(14)19(21,22)23)16-5-3-2-4-15(16)20;/h2-5,12-13,24H,6-11H2,1H3;1H. The monoisotopic (exact) mass is 434 g/mol. The Morgan fingerprint density at radius 2 is 1.90 bits per heavy atom. The number of aromatic nitrogens is 2. The molecule has 160 valence electrons. The summed E-state index contributed by atoms with van der Waals surface area (Å²) in [6, 6.07) is 5.03. The van der Waals surface area contributed by atoms with Crippen LogP contribution < -0.4 is 5.32 Å². The molecule has 3 rings (SSSR count). The van der Waals surface area contributed by atoms with E-state index in [0.717, 1.165) is 38.1 Å². The molecule has 1 aliphatic heterocycles. The molecule has 0 unspecified atom stereocenters. The third-order valence-electron chi connectivity index (χ3n) is 5.05. The van der Waals surface area contributed by atoms with Crippen LogP contribution in [0.15, 0.2) is 30.5 Å². The van der Waals surface area contributed by atoms with Gasteiger partial charge in [0.1, 0.15) is 11.5 Å². The highest BCUT2D eigenvalue weighted by Crippen LogP contribution is 2.35. The van der Waals surface area contributed by atoms with Crippen molar-refractivity contribution in [3.63, 3.8) is 0 Å². The molecule has 0 atom stereocenters. The van der Waals surface area contributed by atoms with Gasteiger partial charge in [0, 0.05) is 13.1 Å². The topological polar surface area (TPSA) is 50.2 Å². The molecule has 0 radical (unpaired) electrons. The van der Waals surface area contributed by atoms with Crippen LogP contribution >= 0.6 is 12.4 Å². The average molecular weight is 435 g/mol. The molecule has 0 saturated carbocycles. The Balaban J connectivity index is 0.00000300. The summed E-state index contributed by atoms with van der Waals surface area (Å²) < 4.78 is 55.7.